The molecule has 2 rings (SSSR count). The van der Waals surface area contributed by atoms with Crippen molar-refractivity contribution in [3.8, 4) is 11.5 Å². The van der Waals surface area contributed by atoms with E-state index in [1.165, 1.54) is 18.1 Å². The van der Waals surface area contributed by atoms with E-state index in [0.29, 0.717) is 12.3 Å². The molecule has 2 aromatic rings. The molecule has 0 fully saturated rings. The van der Waals surface area contributed by atoms with Gasteiger partial charge in [-0.15, -0.1) is 11.3 Å². The van der Waals surface area contributed by atoms with Crippen LogP contribution in [0.2, 0.25) is 0 Å². The van der Waals surface area contributed by atoms with Crippen molar-refractivity contribution in [2.75, 3.05) is 13.7 Å². The van der Waals surface area contributed by atoms with Crippen molar-refractivity contribution < 1.29 is 14.6 Å². The minimum atomic E-state index is -0.292. The molecule has 112 valence electrons. The summed E-state index contributed by atoms with van der Waals surface area (Å²) in [4.78, 5) is 13.4. The first-order valence-corrected chi connectivity index (χ1v) is 7.51. The fraction of sp³-hybridized carbons (Fsp3) is 0.312. The molecule has 0 aliphatic carbocycles. The number of hydrogen-bond donors (Lipinski definition) is 2. The van der Waals surface area contributed by atoms with Crippen molar-refractivity contribution in [1.82, 2.24) is 5.32 Å². The second kappa shape index (κ2) is 6.18. The molecular formula is C16H19NO3S. The van der Waals surface area contributed by atoms with Crippen LogP contribution in [0.4, 0.5) is 0 Å². The number of rotatable bonds is 5. The number of amides is 1. The first-order valence-electron chi connectivity index (χ1n) is 6.63. The summed E-state index contributed by atoms with van der Waals surface area (Å²) in [6.07, 6.45) is 0. The number of phenols is 1. The third-order valence-corrected chi connectivity index (χ3v) is 4.56. The van der Waals surface area contributed by atoms with Crippen LogP contribution in [0.15, 0.2) is 35.7 Å². The molecule has 0 bridgehead atoms. The molecule has 0 aliphatic rings. The number of hydrogen-bond acceptors (Lipinski definition) is 4. The van der Waals surface area contributed by atoms with Gasteiger partial charge in [0.2, 0.25) is 0 Å². The molecule has 0 atom stereocenters. The van der Waals surface area contributed by atoms with E-state index in [-0.39, 0.29) is 22.6 Å². The van der Waals surface area contributed by atoms with Crippen LogP contribution in [-0.2, 0) is 5.41 Å². The van der Waals surface area contributed by atoms with Crippen LogP contribution in [0.5, 0.6) is 11.5 Å². The summed E-state index contributed by atoms with van der Waals surface area (Å²) >= 11 is 1.67. The zero-order chi connectivity index (χ0) is 15.5. The summed E-state index contributed by atoms with van der Waals surface area (Å²) in [7, 11) is 1.51. The highest BCUT2D eigenvalue weighted by molar-refractivity contribution is 7.10. The Kier molecular flexibility index (Phi) is 4.53. The maximum Gasteiger partial charge on any atom is 0.255 e. The van der Waals surface area contributed by atoms with Crippen molar-refractivity contribution in [2.45, 2.75) is 19.3 Å². The summed E-state index contributed by atoms with van der Waals surface area (Å²) in [5.74, 6) is 0.142. The van der Waals surface area contributed by atoms with Crippen LogP contribution in [0.1, 0.15) is 29.1 Å². The maximum absolute atomic E-state index is 12.2. The molecule has 0 saturated carbocycles. The molecule has 0 saturated heterocycles. The predicted octanol–water partition coefficient (Wildman–Crippen LogP) is 3.17. The lowest BCUT2D eigenvalue weighted by atomic mass is 9.91. The number of benzene rings is 1. The van der Waals surface area contributed by atoms with E-state index in [9.17, 15) is 9.90 Å². The van der Waals surface area contributed by atoms with Gasteiger partial charge in [0.15, 0.2) is 0 Å². The number of thiophene rings is 1. The van der Waals surface area contributed by atoms with E-state index in [4.69, 9.17) is 4.74 Å². The first kappa shape index (κ1) is 15.4. The molecule has 4 nitrogen and oxygen atoms in total. The Morgan fingerprint density at radius 2 is 2.14 bits per heavy atom. The van der Waals surface area contributed by atoms with E-state index >= 15 is 0 Å². The lowest BCUT2D eigenvalue weighted by molar-refractivity contribution is 0.0943. The smallest absolute Gasteiger partial charge is 0.255 e. The molecule has 1 amide bonds. The second-order valence-corrected chi connectivity index (χ2v) is 6.37. The van der Waals surface area contributed by atoms with Gasteiger partial charge in [0.05, 0.1) is 12.7 Å². The van der Waals surface area contributed by atoms with Gasteiger partial charge < -0.3 is 15.2 Å². The summed E-state index contributed by atoms with van der Waals surface area (Å²) in [5.41, 5.74) is 0.101. The predicted molar refractivity (Wildman–Crippen MR) is 84.3 cm³/mol. The van der Waals surface area contributed by atoms with E-state index < -0.39 is 0 Å². The fourth-order valence-corrected chi connectivity index (χ4v) is 2.83. The van der Waals surface area contributed by atoms with E-state index in [0.717, 1.165) is 0 Å². The van der Waals surface area contributed by atoms with Gasteiger partial charge >= 0.3 is 0 Å². The van der Waals surface area contributed by atoms with Gasteiger partial charge in [0.1, 0.15) is 11.5 Å². The highest BCUT2D eigenvalue weighted by atomic mass is 32.1. The van der Waals surface area contributed by atoms with E-state index in [1.807, 2.05) is 11.4 Å². The van der Waals surface area contributed by atoms with Gasteiger partial charge in [-0.05, 0) is 23.6 Å². The molecule has 0 spiro atoms. The molecule has 0 aliphatic heterocycles. The lowest BCUT2D eigenvalue weighted by Gasteiger charge is -2.23. The number of methoxy groups -OCH3 is 1. The summed E-state index contributed by atoms with van der Waals surface area (Å²) in [5, 5.41) is 14.8. The number of ether oxygens (including phenoxy) is 1. The second-order valence-electron chi connectivity index (χ2n) is 5.43. The Labute approximate surface area is 128 Å². The van der Waals surface area contributed by atoms with Gasteiger partial charge in [-0.25, -0.2) is 0 Å². The topological polar surface area (TPSA) is 58.6 Å². The third-order valence-electron chi connectivity index (χ3n) is 3.33. The van der Waals surface area contributed by atoms with Crippen molar-refractivity contribution in [1.29, 1.82) is 0 Å². The van der Waals surface area contributed by atoms with Gasteiger partial charge in [-0.1, -0.05) is 19.9 Å². The number of nitrogens with one attached hydrogen (secondary N) is 1. The molecular weight excluding hydrogens is 286 g/mol. The Hall–Kier alpha value is -2.01. The molecule has 1 aromatic heterocycles. The van der Waals surface area contributed by atoms with Crippen LogP contribution in [0.25, 0.3) is 0 Å². The van der Waals surface area contributed by atoms with Crippen LogP contribution >= 0.6 is 11.3 Å². The summed E-state index contributed by atoms with van der Waals surface area (Å²) in [6, 6.07) is 8.70. The molecule has 1 heterocycles. The first-order chi connectivity index (χ1) is 9.94. The van der Waals surface area contributed by atoms with Crippen LogP contribution in [-0.4, -0.2) is 24.7 Å². The minimum Gasteiger partial charge on any atom is -0.507 e. The number of carbonyl (C=O) groups is 1. The van der Waals surface area contributed by atoms with Crippen LogP contribution in [0.3, 0.4) is 0 Å². The average molecular weight is 305 g/mol. The molecule has 1 aromatic carbocycles. The van der Waals surface area contributed by atoms with Gasteiger partial charge in [-0.2, -0.15) is 0 Å². The maximum atomic E-state index is 12.2. The van der Waals surface area contributed by atoms with Crippen molar-refractivity contribution in [3.05, 3.63) is 46.2 Å². The van der Waals surface area contributed by atoms with Gasteiger partial charge in [-0.3, -0.25) is 4.79 Å². The van der Waals surface area contributed by atoms with Crippen LogP contribution in [0, 0.1) is 0 Å². The molecule has 21 heavy (non-hydrogen) atoms. The lowest BCUT2D eigenvalue weighted by Crippen LogP contribution is -2.36. The third kappa shape index (κ3) is 3.55. The number of carbonyl (C=O) groups excluding carboxylic acids is 1. The van der Waals surface area contributed by atoms with Crippen LogP contribution < -0.4 is 10.1 Å². The SMILES string of the molecule is COc1ccc(C(=O)NCC(C)(C)c2cccs2)c(O)c1. The van der Waals surface area contributed by atoms with E-state index in [2.05, 4.69) is 25.2 Å². The van der Waals surface area contributed by atoms with Crippen molar-refractivity contribution >= 4 is 17.2 Å². The molecule has 0 radical (unpaired) electrons. The standard InChI is InChI=1S/C16H19NO3S/c1-16(2,14-5-4-8-21-14)10-17-15(19)12-7-6-11(20-3)9-13(12)18/h4-9,18H,10H2,1-3H3,(H,17,19). The number of phenolic OH excluding ortho intramolecular Hbond substituents is 1. The Morgan fingerprint density at radius 3 is 2.71 bits per heavy atom. The zero-order valence-electron chi connectivity index (χ0n) is 12.3. The van der Waals surface area contributed by atoms with Crippen molar-refractivity contribution in [3.63, 3.8) is 0 Å². The molecule has 5 heteroatoms. The molecule has 2 N–H and O–H groups in total. The largest absolute Gasteiger partial charge is 0.507 e. The Morgan fingerprint density at radius 1 is 1.38 bits per heavy atom. The summed E-state index contributed by atoms with van der Waals surface area (Å²) < 4.78 is 5.00. The van der Waals surface area contributed by atoms with E-state index in [1.54, 1.807) is 23.5 Å². The highest BCUT2D eigenvalue weighted by Gasteiger charge is 2.23. The average Bonchev–Trinajstić information content (AvgIpc) is 2.99. The number of aromatic hydroxyl groups is 1. The van der Waals surface area contributed by atoms with Gasteiger partial charge in [0, 0.05) is 22.9 Å². The Balaban J connectivity index is 2.05. The minimum absolute atomic E-state index is 0.0826. The Bertz CT molecular complexity index is 620. The molecule has 0 unspecified atom stereocenters. The quantitative estimate of drug-likeness (QED) is 0.892. The fourth-order valence-electron chi connectivity index (χ4n) is 1.98. The highest BCUT2D eigenvalue weighted by Crippen LogP contribution is 2.27. The van der Waals surface area contributed by atoms with Gasteiger partial charge in [0.25, 0.3) is 5.91 Å². The zero-order valence-corrected chi connectivity index (χ0v) is 13.2. The monoisotopic (exact) mass is 305 g/mol. The summed E-state index contributed by atoms with van der Waals surface area (Å²) in [6.45, 7) is 4.65. The van der Waals surface area contributed by atoms with Crippen molar-refractivity contribution in [2.24, 2.45) is 0 Å². The normalized spacial score (nSPS) is 11.2.